The lowest BCUT2D eigenvalue weighted by Gasteiger charge is -2.35. The third-order valence-electron chi connectivity index (χ3n) is 6.34. The Morgan fingerprint density at radius 1 is 1.24 bits per heavy atom. The van der Waals surface area contributed by atoms with E-state index in [1.807, 2.05) is 43.6 Å². The van der Waals surface area contributed by atoms with Crippen molar-refractivity contribution in [1.82, 2.24) is 25.5 Å². The number of nitrogens with one attached hydrogen (secondary N) is 3. The summed E-state index contributed by atoms with van der Waals surface area (Å²) in [7, 11) is 2.07. The zero-order valence-electron chi connectivity index (χ0n) is 22.3. The lowest BCUT2D eigenvalue weighted by molar-refractivity contribution is 0.369. The third-order valence-corrected chi connectivity index (χ3v) is 6.34. The Kier molecular flexibility index (Phi) is 8.29. The smallest absolute Gasteiger partial charge is 0.137 e. The lowest BCUT2D eigenvalue weighted by Crippen LogP contribution is -2.28. The van der Waals surface area contributed by atoms with Crippen molar-refractivity contribution in [2.24, 2.45) is 0 Å². The highest BCUT2D eigenvalue weighted by atomic mass is 19.1. The van der Waals surface area contributed by atoms with Gasteiger partial charge in [0.1, 0.15) is 11.5 Å². The van der Waals surface area contributed by atoms with Crippen LogP contribution in [0.5, 0.6) is 0 Å². The highest BCUT2D eigenvalue weighted by Crippen LogP contribution is 2.38. The van der Waals surface area contributed by atoms with Gasteiger partial charge < -0.3 is 20.5 Å². The minimum atomic E-state index is -0.188. The summed E-state index contributed by atoms with van der Waals surface area (Å²) in [6, 6.07) is 9.38. The molecule has 3 N–H and O–H groups in total. The number of rotatable bonds is 9. The summed E-state index contributed by atoms with van der Waals surface area (Å²) in [4.78, 5) is 9.84. The maximum atomic E-state index is 14.1. The lowest BCUT2D eigenvalue weighted by atomic mass is 9.87. The number of aromatic amines is 1. The minimum absolute atomic E-state index is 0.0588. The van der Waals surface area contributed by atoms with E-state index in [2.05, 4.69) is 83.8 Å². The van der Waals surface area contributed by atoms with Crippen LogP contribution in [0.15, 0.2) is 102 Å². The highest BCUT2D eigenvalue weighted by Gasteiger charge is 2.26. The molecule has 0 bridgehead atoms. The van der Waals surface area contributed by atoms with Gasteiger partial charge in [-0.05, 0) is 92.1 Å². The number of aryl methyl sites for hydroxylation is 1. The fraction of sp³-hybridized carbons (Fsp3) is 0.258. The van der Waals surface area contributed by atoms with Gasteiger partial charge in [0.05, 0.1) is 11.7 Å². The molecule has 0 aliphatic carbocycles. The predicted molar refractivity (Wildman–Crippen MR) is 151 cm³/mol. The van der Waals surface area contributed by atoms with Crippen LogP contribution >= 0.6 is 0 Å². The molecule has 0 saturated heterocycles. The Hall–Kier alpha value is -4.06. The number of halogens is 1. The number of allylic oxidation sites excluding steroid dienone is 5. The van der Waals surface area contributed by atoms with E-state index in [0.717, 1.165) is 45.5 Å². The summed E-state index contributed by atoms with van der Waals surface area (Å²) in [6.07, 6.45) is 16.5. The van der Waals surface area contributed by atoms with Crippen molar-refractivity contribution in [3.63, 3.8) is 0 Å². The topological polar surface area (TPSA) is 56.0 Å². The van der Waals surface area contributed by atoms with Gasteiger partial charge in [0, 0.05) is 44.1 Å². The van der Waals surface area contributed by atoms with Crippen LogP contribution in [0.2, 0.25) is 0 Å². The van der Waals surface area contributed by atoms with Crippen LogP contribution in [0.4, 0.5) is 4.39 Å². The summed E-state index contributed by atoms with van der Waals surface area (Å²) in [5, 5.41) is 7.96. The third kappa shape index (κ3) is 6.20. The van der Waals surface area contributed by atoms with E-state index >= 15 is 0 Å². The molecule has 6 heteroatoms. The fourth-order valence-electron chi connectivity index (χ4n) is 4.62. The van der Waals surface area contributed by atoms with Crippen LogP contribution in [-0.4, -0.2) is 28.5 Å². The van der Waals surface area contributed by atoms with Gasteiger partial charge in [0.2, 0.25) is 0 Å². The first-order chi connectivity index (χ1) is 17.9. The Morgan fingerprint density at radius 2 is 2.08 bits per heavy atom. The second kappa shape index (κ2) is 11.8. The number of nitrogens with zero attached hydrogens (tertiary/aromatic N) is 2. The number of H-pyrrole nitrogens is 1. The van der Waals surface area contributed by atoms with Crippen LogP contribution in [-0.2, 0) is 6.54 Å². The largest absolute Gasteiger partial charge is 0.391 e. The van der Waals surface area contributed by atoms with Gasteiger partial charge in [-0.25, -0.2) is 9.37 Å². The number of hydrogen-bond donors (Lipinski definition) is 3. The molecule has 1 atom stereocenters. The molecule has 0 fully saturated rings. The summed E-state index contributed by atoms with van der Waals surface area (Å²) in [5.41, 5.74) is 8.20. The molecule has 1 aliphatic heterocycles. The van der Waals surface area contributed by atoms with Gasteiger partial charge in [0.25, 0.3) is 0 Å². The first-order valence-corrected chi connectivity index (χ1v) is 12.7. The molecule has 0 spiro atoms. The van der Waals surface area contributed by atoms with Gasteiger partial charge in [0.15, 0.2) is 0 Å². The molecule has 3 aromatic rings. The van der Waals surface area contributed by atoms with Crippen LogP contribution in [0.1, 0.15) is 43.5 Å². The van der Waals surface area contributed by atoms with Crippen LogP contribution in [0.3, 0.4) is 0 Å². The molecule has 1 aromatic carbocycles. The molecule has 37 heavy (non-hydrogen) atoms. The molecule has 0 amide bonds. The van der Waals surface area contributed by atoms with Crippen LogP contribution in [0, 0.1) is 12.7 Å². The molecule has 2 aromatic heterocycles. The average Bonchev–Trinajstić information content (AvgIpc) is 3.29. The number of aromatic nitrogens is 2. The van der Waals surface area contributed by atoms with Gasteiger partial charge in [-0.15, -0.1) is 0 Å². The molecule has 192 valence electrons. The average molecular weight is 498 g/mol. The quantitative estimate of drug-likeness (QED) is 0.293. The van der Waals surface area contributed by atoms with Crippen molar-refractivity contribution < 1.29 is 4.39 Å². The molecule has 1 aliphatic rings. The van der Waals surface area contributed by atoms with E-state index in [4.69, 9.17) is 0 Å². The van der Waals surface area contributed by atoms with Crippen molar-refractivity contribution >= 4 is 11.0 Å². The first-order valence-electron chi connectivity index (χ1n) is 12.7. The second-order valence-corrected chi connectivity index (χ2v) is 9.59. The van der Waals surface area contributed by atoms with E-state index < -0.39 is 0 Å². The van der Waals surface area contributed by atoms with E-state index in [-0.39, 0.29) is 11.9 Å². The normalized spacial score (nSPS) is 16.1. The monoisotopic (exact) mass is 497 g/mol. The van der Waals surface area contributed by atoms with Gasteiger partial charge in [-0.1, -0.05) is 29.9 Å². The number of benzene rings is 1. The second-order valence-electron chi connectivity index (χ2n) is 9.59. The SMILES string of the molecule is CCN/C=C/C=C(\C=C(C)C)C1=CC(NCc2c[nH]c3ncccc23)=CN(C)C1c1ccc(F)c(C)c1. The van der Waals surface area contributed by atoms with Gasteiger partial charge in [-0.2, -0.15) is 0 Å². The zero-order valence-corrected chi connectivity index (χ0v) is 22.3. The Balaban J connectivity index is 1.73. The van der Waals surface area contributed by atoms with E-state index in [1.54, 1.807) is 12.3 Å². The number of pyridine rings is 1. The fourth-order valence-corrected chi connectivity index (χ4v) is 4.62. The zero-order chi connectivity index (χ0) is 26.4. The van der Waals surface area contributed by atoms with Crippen molar-refractivity contribution in [1.29, 1.82) is 0 Å². The Labute approximate surface area is 219 Å². The van der Waals surface area contributed by atoms with Gasteiger partial charge >= 0.3 is 0 Å². The highest BCUT2D eigenvalue weighted by molar-refractivity contribution is 5.79. The van der Waals surface area contributed by atoms with Crippen LogP contribution < -0.4 is 10.6 Å². The summed E-state index contributed by atoms with van der Waals surface area (Å²) >= 11 is 0. The Morgan fingerprint density at radius 3 is 2.84 bits per heavy atom. The number of hydrogen-bond acceptors (Lipinski definition) is 4. The molecular weight excluding hydrogens is 461 g/mol. The Bertz CT molecular complexity index is 1400. The molecule has 0 saturated carbocycles. The minimum Gasteiger partial charge on any atom is -0.391 e. The maximum absolute atomic E-state index is 14.1. The standard InChI is InChI=1S/C31H36FN5/c1-6-33-13-7-9-23(15-21(2)3)28-17-26(35-18-25-19-36-31-27(25)10-8-14-34-31)20-37(5)30(28)24-11-12-29(32)22(4)16-24/h7-17,19-20,30,33,35H,6,18H2,1-5H3,(H,34,36)/b13-7+,23-9+. The number of fused-ring (bicyclic) bond motifs is 1. The molecular formula is C31H36FN5. The maximum Gasteiger partial charge on any atom is 0.137 e. The molecule has 4 rings (SSSR count). The summed E-state index contributed by atoms with van der Waals surface area (Å²) in [5.74, 6) is -0.188. The first kappa shape index (κ1) is 26.0. The van der Waals surface area contributed by atoms with E-state index in [9.17, 15) is 4.39 Å². The van der Waals surface area contributed by atoms with Crippen LogP contribution in [0.25, 0.3) is 11.0 Å². The van der Waals surface area contributed by atoms with Crippen molar-refractivity contribution in [3.05, 3.63) is 124 Å². The predicted octanol–water partition coefficient (Wildman–Crippen LogP) is 6.57. The number of likely N-dealkylation sites (N-methyl/N-ethyl adjacent to an activating group) is 1. The van der Waals surface area contributed by atoms with Crippen molar-refractivity contribution in [3.8, 4) is 0 Å². The summed E-state index contributed by atoms with van der Waals surface area (Å²) < 4.78 is 14.1. The molecule has 1 unspecified atom stereocenters. The van der Waals surface area contributed by atoms with Crippen molar-refractivity contribution in [2.75, 3.05) is 13.6 Å². The van der Waals surface area contributed by atoms with Crippen molar-refractivity contribution in [2.45, 2.75) is 40.3 Å². The van der Waals surface area contributed by atoms with E-state index in [0.29, 0.717) is 12.1 Å². The molecule has 0 radical (unpaired) electrons. The molecule has 3 heterocycles. The van der Waals surface area contributed by atoms with E-state index in [1.165, 1.54) is 5.57 Å². The summed E-state index contributed by atoms with van der Waals surface area (Å²) in [6.45, 7) is 9.62. The molecule has 5 nitrogen and oxygen atoms in total. The van der Waals surface area contributed by atoms with Gasteiger partial charge in [-0.3, -0.25) is 0 Å².